The van der Waals surface area contributed by atoms with Crippen molar-refractivity contribution in [3.63, 3.8) is 0 Å². The Morgan fingerprint density at radius 3 is 2.77 bits per heavy atom. The van der Waals surface area contributed by atoms with E-state index >= 15 is 0 Å². The molecule has 12 heteroatoms. The van der Waals surface area contributed by atoms with Gasteiger partial charge in [0, 0.05) is 75.9 Å². The molecule has 1 saturated heterocycles. The van der Waals surface area contributed by atoms with Gasteiger partial charge < -0.3 is 25.2 Å². The molecule has 2 N–H and O–H groups in total. The van der Waals surface area contributed by atoms with Gasteiger partial charge in [0.1, 0.15) is 6.04 Å². The van der Waals surface area contributed by atoms with Crippen LogP contribution >= 0.6 is 11.6 Å². The van der Waals surface area contributed by atoms with Gasteiger partial charge in [-0.2, -0.15) is 0 Å². The molecule has 1 aromatic carbocycles. The van der Waals surface area contributed by atoms with Gasteiger partial charge in [-0.15, -0.1) is 0 Å². The van der Waals surface area contributed by atoms with Crippen molar-refractivity contribution in [2.75, 3.05) is 44.1 Å². The van der Waals surface area contributed by atoms with Gasteiger partial charge in [-0.25, -0.2) is 19.9 Å². The molecule has 2 aliphatic rings. The molecular formula is C28H33ClN8O3. The molecule has 4 heterocycles. The zero-order valence-electron chi connectivity index (χ0n) is 22.9. The van der Waals surface area contributed by atoms with Crippen molar-refractivity contribution in [3.05, 3.63) is 58.5 Å². The summed E-state index contributed by atoms with van der Waals surface area (Å²) in [5.74, 6) is 0.694. The predicted octanol–water partition coefficient (Wildman–Crippen LogP) is 2.95. The van der Waals surface area contributed by atoms with E-state index in [9.17, 15) is 9.59 Å². The smallest absolute Gasteiger partial charge is 0.255 e. The highest BCUT2D eigenvalue weighted by molar-refractivity contribution is 6.33. The third kappa shape index (κ3) is 6.15. The molecule has 40 heavy (non-hydrogen) atoms. The second-order valence-corrected chi connectivity index (χ2v) is 10.6. The van der Waals surface area contributed by atoms with Crippen molar-refractivity contribution in [2.24, 2.45) is 0 Å². The molecule has 2 amide bonds. The summed E-state index contributed by atoms with van der Waals surface area (Å²) >= 11 is 6.47. The highest BCUT2D eigenvalue weighted by Crippen LogP contribution is 2.32. The maximum absolute atomic E-state index is 13.4. The van der Waals surface area contributed by atoms with E-state index < -0.39 is 6.04 Å². The van der Waals surface area contributed by atoms with Crippen LogP contribution in [0.1, 0.15) is 41.4 Å². The predicted molar refractivity (Wildman–Crippen MR) is 152 cm³/mol. The van der Waals surface area contributed by atoms with Crippen LogP contribution in [0.25, 0.3) is 11.3 Å². The number of rotatable bonds is 9. The number of ether oxygens (including phenoxy) is 1. The van der Waals surface area contributed by atoms with Crippen LogP contribution in [0.15, 0.2) is 36.7 Å². The Kier molecular flexibility index (Phi) is 8.41. The van der Waals surface area contributed by atoms with Crippen LogP contribution in [0.2, 0.25) is 5.02 Å². The number of nitrogens with zero attached hydrogens (tertiary/aromatic N) is 6. The maximum atomic E-state index is 13.4. The fourth-order valence-electron chi connectivity index (χ4n) is 4.79. The largest absolute Gasteiger partial charge is 0.381 e. The van der Waals surface area contributed by atoms with Gasteiger partial charge in [0.15, 0.2) is 0 Å². The third-order valence-electron chi connectivity index (χ3n) is 7.14. The first kappa shape index (κ1) is 27.7. The van der Waals surface area contributed by atoms with E-state index in [0.29, 0.717) is 60.9 Å². The van der Waals surface area contributed by atoms with E-state index in [0.717, 1.165) is 29.7 Å². The number of anilines is 2. The van der Waals surface area contributed by atoms with E-state index in [2.05, 4.69) is 30.6 Å². The molecule has 11 nitrogen and oxygen atoms in total. The minimum Gasteiger partial charge on any atom is -0.381 e. The molecule has 0 saturated carbocycles. The number of hydrogen-bond acceptors (Lipinski definition) is 9. The highest BCUT2D eigenvalue weighted by Gasteiger charge is 2.34. The van der Waals surface area contributed by atoms with Crippen molar-refractivity contribution in [3.8, 4) is 11.3 Å². The Labute approximate surface area is 238 Å². The number of carbonyl (C=O) groups is 2. The minimum atomic E-state index is -0.635. The lowest BCUT2D eigenvalue weighted by Gasteiger charge is -2.23. The Bertz CT molecular complexity index is 1400. The molecule has 0 radical (unpaired) electrons. The lowest BCUT2D eigenvalue weighted by atomic mass is 10.0. The summed E-state index contributed by atoms with van der Waals surface area (Å²) in [6.07, 6.45) is 5.60. The number of carbonyl (C=O) groups excluding carboxylic acids is 2. The second kappa shape index (κ2) is 12.1. The van der Waals surface area contributed by atoms with Crippen molar-refractivity contribution < 1.29 is 14.3 Å². The summed E-state index contributed by atoms with van der Waals surface area (Å²) in [4.78, 5) is 47.4. The quantitative estimate of drug-likeness (QED) is 0.403. The highest BCUT2D eigenvalue weighted by atomic mass is 35.5. The molecule has 1 fully saturated rings. The summed E-state index contributed by atoms with van der Waals surface area (Å²) in [5, 5.41) is 6.69. The molecule has 0 aliphatic carbocycles. The second-order valence-electron chi connectivity index (χ2n) is 10.2. The van der Waals surface area contributed by atoms with Crippen LogP contribution < -0.4 is 15.5 Å². The molecule has 2 aromatic heterocycles. The van der Waals surface area contributed by atoms with Crippen molar-refractivity contribution in [1.82, 2.24) is 30.2 Å². The van der Waals surface area contributed by atoms with E-state index in [-0.39, 0.29) is 17.9 Å². The van der Waals surface area contributed by atoms with Gasteiger partial charge in [0.2, 0.25) is 17.8 Å². The monoisotopic (exact) mass is 564 g/mol. The van der Waals surface area contributed by atoms with E-state index in [1.165, 1.54) is 0 Å². The number of benzene rings is 1. The van der Waals surface area contributed by atoms with Crippen molar-refractivity contribution in [2.45, 2.75) is 44.8 Å². The summed E-state index contributed by atoms with van der Waals surface area (Å²) in [6, 6.07) is 7.03. The normalized spacial score (nSPS) is 16.0. The standard InChI is InChI=1S/C28H33ClN8O3/c1-17(25(38)30-10-6-20-7-11-31-28(34-20)36(2)3)37-16-19-5-4-18(14-22(19)26(37)39)24-23(29)15-32-27(35-24)33-21-8-12-40-13-9-21/h4-5,7,11,14-15,17,21H,6,8-10,12-13,16H2,1-3H3,(H,30,38)(H,32,33,35)/t17-/m1/s1. The Hall–Kier alpha value is -3.83. The molecular weight excluding hydrogens is 532 g/mol. The molecule has 0 bridgehead atoms. The SMILES string of the molecule is C[C@H](C(=O)NCCc1ccnc(N(C)C)n1)N1Cc2ccc(-c3nc(NC4CCOCC4)ncc3Cl)cc2C1=O. The van der Waals surface area contributed by atoms with Crippen molar-refractivity contribution >= 4 is 35.3 Å². The Morgan fingerprint density at radius 2 is 2.00 bits per heavy atom. The van der Waals surface area contributed by atoms with Crippen LogP contribution in [0, 0.1) is 0 Å². The zero-order valence-corrected chi connectivity index (χ0v) is 23.6. The molecule has 0 spiro atoms. The number of fused-ring (bicyclic) bond motifs is 1. The zero-order chi connectivity index (χ0) is 28.2. The topological polar surface area (TPSA) is 125 Å². The molecule has 0 unspecified atom stereocenters. The first-order valence-electron chi connectivity index (χ1n) is 13.4. The molecule has 2 aliphatic heterocycles. The van der Waals surface area contributed by atoms with Gasteiger partial charge in [0.25, 0.3) is 5.91 Å². The molecule has 5 rings (SSSR count). The van der Waals surface area contributed by atoms with Gasteiger partial charge >= 0.3 is 0 Å². The van der Waals surface area contributed by atoms with Gasteiger partial charge in [0.05, 0.1) is 16.9 Å². The van der Waals surface area contributed by atoms with Crippen LogP contribution in [0.4, 0.5) is 11.9 Å². The summed E-state index contributed by atoms with van der Waals surface area (Å²) in [7, 11) is 3.75. The lowest BCUT2D eigenvalue weighted by Crippen LogP contribution is -2.45. The average Bonchev–Trinajstić information content (AvgIpc) is 3.29. The van der Waals surface area contributed by atoms with Gasteiger partial charge in [-0.05, 0) is 37.5 Å². The Balaban J connectivity index is 1.23. The summed E-state index contributed by atoms with van der Waals surface area (Å²) in [5.41, 5.74) is 3.50. The molecule has 210 valence electrons. The minimum absolute atomic E-state index is 0.198. The third-order valence-corrected chi connectivity index (χ3v) is 7.42. The summed E-state index contributed by atoms with van der Waals surface area (Å²) in [6.45, 7) is 3.91. The van der Waals surface area contributed by atoms with Crippen LogP contribution in [0.3, 0.4) is 0 Å². The Morgan fingerprint density at radius 1 is 1.20 bits per heavy atom. The maximum Gasteiger partial charge on any atom is 0.255 e. The number of halogens is 1. The lowest BCUT2D eigenvalue weighted by molar-refractivity contribution is -0.125. The van der Waals surface area contributed by atoms with E-state index in [1.807, 2.05) is 37.2 Å². The molecule has 1 atom stereocenters. The number of amides is 2. The number of hydrogen-bond donors (Lipinski definition) is 2. The number of aromatic nitrogens is 4. The first-order valence-corrected chi connectivity index (χ1v) is 13.8. The van der Waals surface area contributed by atoms with Gasteiger partial charge in [-0.3, -0.25) is 9.59 Å². The van der Waals surface area contributed by atoms with E-state index in [4.69, 9.17) is 16.3 Å². The van der Waals surface area contributed by atoms with Crippen LogP contribution in [-0.4, -0.2) is 82.6 Å². The fraction of sp³-hybridized carbons (Fsp3) is 0.429. The van der Waals surface area contributed by atoms with Crippen LogP contribution in [-0.2, 0) is 22.5 Å². The fourth-order valence-corrected chi connectivity index (χ4v) is 4.99. The number of nitrogens with one attached hydrogen (secondary N) is 2. The van der Waals surface area contributed by atoms with Crippen molar-refractivity contribution in [1.29, 1.82) is 0 Å². The van der Waals surface area contributed by atoms with E-state index in [1.54, 1.807) is 30.3 Å². The van der Waals surface area contributed by atoms with Gasteiger partial charge in [-0.1, -0.05) is 23.7 Å². The average molecular weight is 565 g/mol. The summed E-state index contributed by atoms with van der Waals surface area (Å²) < 4.78 is 5.42. The van der Waals surface area contributed by atoms with Crippen LogP contribution in [0.5, 0.6) is 0 Å². The molecule has 3 aromatic rings. The first-order chi connectivity index (χ1) is 19.3.